The van der Waals surface area contributed by atoms with Crippen LogP contribution < -0.4 is 0 Å². The molecule has 1 amide bonds. The van der Waals surface area contributed by atoms with Crippen LogP contribution in [0.15, 0.2) is 18.3 Å². The molecule has 3 rings (SSSR count). The standard InChI is InChI=1S/C15H20N2O3/c1-16-8-4-7-12(16)14(18)17-11-6-3-2-5-10(11)9-13(17)15(19)20/h4,7-8,10-11,13H,2-3,5-6,9H2,1H3,(H,19,20)/t10-,11+,13-/m0/s1. The quantitative estimate of drug-likeness (QED) is 0.897. The number of aliphatic carboxylic acids is 1. The molecule has 0 aromatic carbocycles. The number of carboxylic acids is 1. The molecule has 1 N–H and O–H groups in total. The van der Waals surface area contributed by atoms with Gasteiger partial charge in [-0.05, 0) is 37.3 Å². The van der Waals surface area contributed by atoms with E-state index in [4.69, 9.17) is 0 Å². The lowest BCUT2D eigenvalue weighted by atomic mass is 9.84. The molecule has 1 aromatic rings. The summed E-state index contributed by atoms with van der Waals surface area (Å²) in [5, 5.41) is 9.45. The van der Waals surface area contributed by atoms with Crippen molar-refractivity contribution < 1.29 is 14.7 Å². The Morgan fingerprint density at radius 2 is 2.05 bits per heavy atom. The van der Waals surface area contributed by atoms with Gasteiger partial charge < -0.3 is 14.6 Å². The van der Waals surface area contributed by atoms with Crippen molar-refractivity contribution in [3.05, 3.63) is 24.0 Å². The summed E-state index contributed by atoms with van der Waals surface area (Å²) in [5.74, 6) is -0.657. The fourth-order valence-corrected chi connectivity index (χ4v) is 3.79. The second-order valence-corrected chi connectivity index (χ2v) is 5.92. The summed E-state index contributed by atoms with van der Waals surface area (Å²) in [7, 11) is 1.82. The second kappa shape index (κ2) is 4.96. The maximum absolute atomic E-state index is 12.7. The molecule has 1 saturated carbocycles. The van der Waals surface area contributed by atoms with Gasteiger partial charge in [0.05, 0.1) is 0 Å². The minimum atomic E-state index is -0.873. The predicted molar refractivity (Wildman–Crippen MR) is 73.4 cm³/mol. The molecule has 0 unspecified atom stereocenters. The number of amides is 1. The first-order valence-corrected chi connectivity index (χ1v) is 7.26. The molecule has 20 heavy (non-hydrogen) atoms. The average molecular weight is 276 g/mol. The first-order valence-electron chi connectivity index (χ1n) is 7.26. The van der Waals surface area contributed by atoms with Gasteiger partial charge in [0, 0.05) is 19.3 Å². The Morgan fingerprint density at radius 1 is 1.30 bits per heavy atom. The molecule has 1 aliphatic heterocycles. The molecule has 0 radical (unpaired) electrons. The van der Waals surface area contributed by atoms with Gasteiger partial charge in [-0.2, -0.15) is 0 Å². The van der Waals surface area contributed by atoms with E-state index in [-0.39, 0.29) is 11.9 Å². The highest BCUT2D eigenvalue weighted by molar-refractivity contribution is 5.96. The molecule has 2 heterocycles. The minimum absolute atomic E-state index is 0.104. The Bertz CT molecular complexity index is 537. The maximum Gasteiger partial charge on any atom is 0.326 e. The van der Waals surface area contributed by atoms with Gasteiger partial charge in [0.15, 0.2) is 0 Å². The van der Waals surface area contributed by atoms with Crippen molar-refractivity contribution in [2.45, 2.75) is 44.2 Å². The number of fused-ring (bicyclic) bond motifs is 1. The van der Waals surface area contributed by atoms with E-state index >= 15 is 0 Å². The van der Waals surface area contributed by atoms with E-state index in [1.54, 1.807) is 15.5 Å². The van der Waals surface area contributed by atoms with Crippen molar-refractivity contribution in [1.82, 2.24) is 9.47 Å². The molecule has 1 aromatic heterocycles. The topological polar surface area (TPSA) is 62.5 Å². The van der Waals surface area contributed by atoms with Gasteiger partial charge in [-0.15, -0.1) is 0 Å². The smallest absolute Gasteiger partial charge is 0.326 e. The molecule has 2 fully saturated rings. The van der Waals surface area contributed by atoms with Crippen LogP contribution in [-0.2, 0) is 11.8 Å². The fourth-order valence-electron chi connectivity index (χ4n) is 3.79. The Morgan fingerprint density at radius 3 is 2.70 bits per heavy atom. The van der Waals surface area contributed by atoms with Crippen LogP contribution in [0, 0.1) is 5.92 Å². The number of carbonyl (C=O) groups excluding carboxylic acids is 1. The van der Waals surface area contributed by atoms with Crippen molar-refractivity contribution >= 4 is 11.9 Å². The van der Waals surface area contributed by atoms with Crippen LogP contribution in [0.5, 0.6) is 0 Å². The zero-order valence-electron chi connectivity index (χ0n) is 11.7. The number of carbonyl (C=O) groups is 2. The lowest BCUT2D eigenvalue weighted by Crippen LogP contribution is -2.46. The Balaban J connectivity index is 1.93. The van der Waals surface area contributed by atoms with E-state index in [9.17, 15) is 14.7 Å². The van der Waals surface area contributed by atoms with Crippen molar-refractivity contribution in [2.75, 3.05) is 0 Å². The van der Waals surface area contributed by atoms with Crippen molar-refractivity contribution in [2.24, 2.45) is 13.0 Å². The first-order chi connectivity index (χ1) is 9.59. The first kappa shape index (κ1) is 13.2. The lowest BCUT2D eigenvalue weighted by molar-refractivity contribution is -0.141. The maximum atomic E-state index is 12.7. The molecule has 3 atom stereocenters. The molecular formula is C15H20N2O3. The molecule has 1 saturated heterocycles. The Labute approximate surface area is 118 Å². The summed E-state index contributed by atoms with van der Waals surface area (Å²) in [4.78, 5) is 25.9. The Kier molecular flexibility index (Phi) is 3.28. The van der Waals surface area contributed by atoms with E-state index in [1.165, 1.54) is 0 Å². The molecule has 5 nitrogen and oxygen atoms in total. The molecule has 1 aliphatic carbocycles. The highest BCUT2D eigenvalue weighted by Crippen LogP contribution is 2.40. The highest BCUT2D eigenvalue weighted by atomic mass is 16.4. The van der Waals surface area contributed by atoms with Gasteiger partial charge in [0.25, 0.3) is 5.91 Å². The molecule has 5 heteroatoms. The van der Waals surface area contributed by atoms with Gasteiger partial charge in [0.2, 0.25) is 0 Å². The van der Waals surface area contributed by atoms with Crippen LogP contribution in [0.2, 0.25) is 0 Å². The van der Waals surface area contributed by atoms with Crippen molar-refractivity contribution in [1.29, 1.82) is 0 Å². The zero-order chi connectivity index (χ0) is 14.3. The molecule has 2 aliphatic rings. The van der Waals surface area contributed by atoms with Gasteiger partial charge in [-0.25, -0.2) is 4.79 Å². The summed E-state index contributed by atoms with van der Waals surface area (Å²) in [6.07, 6.45) is 6.65. The minimum Gasteiger partial charge on any atom is -0.480 e. The van der Waals surface area contributed by atoms with E-state index in [2.05, 4.69) is 0 Å². The summed E-state index contributed by atoms with van der Waals surface area (Å²) in [5.41, 5.74) is 0.572. The molecular weight excluding hydrogens is 256 g/mol. The molecule has 0 bridgehead atoms. The Hall–Kier alpha value is -1.78. The van der Waals surface area contributed by atoms with Crippen LogP contribution in [0.25, 0.3) is 0 Å². The molecule has 108 valence electrons. The number of hydrogen-bond acceptors (Lipinski definition) is 2. The summed E-state index contributed by atoms with van der Waals surface area (Å²) in [6, 6.07) is 3.02. The third-order valence-corrected chi connectivity index (χ3v) is 4.77. The number of hydrogen-bond donors (Lipinski definition) is 1. The van der Waals surface area contributed by atoms with Gasteiger partial charge in [-0.3, -0.25) is 4.79 Å². The van der Waals surface area contributed by atoms with Crippen molar-refractivity contribution in [3.8, 4) is 0 Å². The van der Waals surface area contributed by atoms with Crippen molar-refractivity contribution in [3.63, 3.8) is 0 Å². The third kappa shape index (κ3) is 2.01. The second-order valence-electron chi connectivity index (χ2n) is 5.92. The SMILES string of the molecule is Cn1cccc1C(=O)N1[C@@H]2CCCC[C@H]2C[C@H]1C(=O)O. The van der Waals surface area contributed by atoms with Gasteiger partial charge in [0.1, 0.15) is 11.7 Å². The largest absolute Gasteiger partial charge is 0.480 e. The third-order valence-electron chi connectivity index (χ3n) is 4.77. The van der Waals surface area contributed by atoms with Crippen LogP contribution in [-0.4, -0.2) is 38.5 Å². The number of nitrogens with zero attached hydrogens (tertiary/aromatic N) is 2. The monoisotopic (exact) mass is 276 g/mol. The van der Waals surface area contributed by atoms with E-state index in [0.717, 1.165) is 25.7 Å². The number of likely N-dealkylation sites (tertiary alicyclic amines) is 1. The van der Waals surface area contributed by atoms with E-state index in [1.807, 2.05) is 19.3 Å². The molecule has 0 spiro atoms. The summed E-state index contributed by atoms with van der Waals surface area (Å²) >= 11 is 0. The van der Waals surface area contributed by atoms with Crippen LogP contribution in [0.3, 0.4) is 0 Å². The highest BCUT2D eigenvalue weighted by Gasteiger charge is 2.47. The van der Waals surface area contributed by atoms with Crippen LogP contribution in [0.4, 0.5) is 0 Å². The van der Waals surface area contributed by atoms with Gasteiger partial charge in [-0.1, -0.05) is 12.8 Å². The van der Waals surface area contributed by atoms with E-state index < -0.39 is 12.0 Å². The lowest BCUT2D eigenvalue weighted by Gasteiger charge is -2.33. The number of aromatic nitrogens is 1. The normalized spacial score (nSPS) is 29.2. The van der Waals surface area contributed by atoms with E-state index in [0.29, 0.717) is 18.0 Å². The average Bonchev–Trinajstić information content (AvgIpc) is 3.01. The number of carboxylic acid groups (broad SMARTS) is 1. The predicted octanol–water partition coefficient (Wildman–Crippen LogP) is 1.88. The number of rotatable bonds is 2. The van der Waals surface area contributed by atoms with Gasteiger partial charge >= 0.3 is 5.97 Å². The summed E-state index contributed by atoms with van der Waals surface area (Å²) < 4.78 is 1.76. The fraction of sp³-hybridized carbons (Fsp3) is 0.600. The zero-order valence-corrected chi connectivity index (χ0v) is 11.7. The van der Waals surface area contributed by atoms with Crippen LogP contribution >= 0.6 is 0 Å². The number of aryl methyl sites for hydroxylation is 1. The van der Waals surface area contributed by atoms with Crippen LogP contribution in [0.1, 0.15) is 42.6 Å². The summed E-state index contributed by atoms with van der Waals surface area (Å²) in [6.45, 7) is 0.